The van der Waals surface area contributed by atoms with Gasteiger partial charge in [-0.2, -0.15) is 0 Å². The van der Waals surface area contributed by atoms with Gasteiger partial charge in [0.25, 0.3) is 5.91 Å². The van der Waals surface area contributed by atoms with Crippen LogP contribution in [0.3, 0.4) is 0 Å². The predicted octanol–water partition coefficient (Wildman–Crippen LogP) is 4.33. The molecule has 4 aromatic carbocycles. The first-order valence-electron chi connectivity index (χ1n) is 11.3. The van der Waals surface area contributed by atoms with Crippen molar-refractivity contribution in [1.29, 1.82) is 0 Å². The van der Waals surface area contributed by atoms with Crippen LogP contribution in [0.2, 0.25) is 5.02 Å². The van der Waals surface area contributed by atoms with Crippen molar-refractivity contribution in [3.05, 3.63) is 95.5 Å². The van der Waals surface area contributed by atoms with Gasteiger partial charge >= 0.3 is 0 Å². The maximum atomic E-state index is 13.3. The number of rotatable bonds is 6. The smallest absolute Gasteiger partial charge is 0.257 e. The molecular formula is C26H20ClN5O5S2. The van der Waals surface area contributed by atoms with Crippen LogP contribution in [0, 0.1) is 0 Å². The van der Waals surface area contributed by atoms with E-state index in [1.54, 1.807) is 48.5 Å². The Bertz CT molecular complexity index is 1980. The molecule has 0 aliphatic carbocycles. The molecule has 0 radical (unpaired) electrons. The van der Waals surface area contributed by atoms with Crippen molar-refractivity contribution < 1.29 is 21.6 Å². The highest BCUT2D eigenvalue weighted by molar-refractivity contribution is 7.89. The van der Waals surface area contributed by atoms with Crippen LogP contribution in [-0.4, -0.2) is 27.7 Å². The summed E-state index contributed by atoms with van der Waals surface area (Å²) >= 11 is 6.24. The molecule has 0 aliphatic rings. The Kier molecular flexibility index (Phi) is 6.74. The van der Waals surface area contributed by atoms with Gasteiger partial charge in [-0.15, -0.1) is 0 Å². The third kappa shape index (κ3) is 5.55. The Morgan fingerprint density at radius 1 is 0.744 bits per heavy atom. The van der Waals surface area contributed by atoms with E-state index in [1.165, 1.54) is 36.4 Å². The first-order chi connectivity index (χ1) is 18.4. The number of aromatic nitrogens is 1. The van der Waals surface area contributed by atoms with Gasteiger partial charge < -0.3 is 10.6 Å². The average Bonchev–Trinajstić information content (AvgIpc) is 2.87. The third-order valence-electron chi connectivity index (χ3n) is 5.90. The van der Waals surface area contributed by atoms with Crippen LogP contribution in [0.15, 0.2) is 94.7 Å². The van der Waals surface area contributed by atoms with Crippen LogP contribution in [-0.2, 0) is 20.0 Å². The zero-order valence-electron chi connectivity index (χ0n) is 19.9. The molecule has 198 valence electrons. The van der Waals surface area contributed by atoms with E-state index in [-0.39, 0.29) is 15.4 Å². The van der Waals surface area contributed by atoms with E-state index >= 15 is 0 Å². The van der Waals surface area contributed by atoms with E-state index in [9.17, 15) is 21.6 Å². The number of primary sulfonamides is 2. The lowest BCUT2D eigenvalue weighted by atomic mass is 10.0. The maximum absolute atomic E-state index is 13.3. The fraction of sp³-hybridized carbons (Fsp3) is 0. The number of carbonyl (C=O) groups excluding carboxylic acids is 1. The Labute approximate surface area is 228 Å². The van der Waals surface area contributed by atoms with Gasteiger partial charge in [-0.05, 0) is 72.8 Å². The van der Waals surface area contributed by atoms with Crippen molar-refractivity contribution in [2.75, 3.05) is 10.6 Å². The molecule has 1 heterocycles. The summed E-state index contributed by atoms with van der Waals surface area (Å²) in [5.41, 5.74) is 2.74. The van der Waals surface area contributed by atoms with Crippen LogP contribution in [0.4, 0.5) is 17.1 Å². The maximum Gasteiger partial charge on any atom is 0.257 e. The minimum atomic E-state index is -3.87. The van der Waals surface area contributed by atoms with Gasteiger partial charge in [0.15, 0.2) is 0 Å². The molecule has 5 rings (SSSR count). The number of para-hydroxylation sites is 1. The summed E-state index contributed by atoms with van der Waals surface area (Å²) in [6, 6.07) is 21.7. The number of sulfonamides is 2. The predicted molar refractivity (Wildman–Crippen MR) is 151 cm³/mol. The highest BCUT2D eigenvalue weighted by Crippen LogP contribution is 2.36. The summed E-state index contributed by atoms with van der Waals surface area (Å²) in [6.45, 7) is 0. The van der Waals surface area contributed by atoms with Crippen molar-refractivity contribution in [3.8, 4) is 0 Å². The van der Waals surface area contributed by atoms with Crippen LogP contribution in [0.1, 0.15) is 10.4 Å². The second kappa shape index (κ2) is 9.91. The van der Waals surface area contributed by atoms with Gasteiger partial charge in [0, 0.05) is 27.2 Å². The lowest BCUT2D eigenvalue weighted by Gasteiger charge is -2.16. The molecule has 0 unspecified atom stereocenters. The Hall–Kier alpha value is -4.07. The molecule has 0 aliphatic heterocycles. The van der Waals surface area contributed by atoms with Gasteiger partial charge in [0.2, 0.25) is 20.0 Å². The van der Waals surface area contributed by atoms with Crippen molar-refractivity contribution >= 4 is 76.4 Å². The molecule has 5 aromatic rings. The zero-order valence-corrected chi connectivity index (χ0v) is 22.3. The number of hydrogen-bond donors (Lipinski definition) is 4. The molecule has 1 amide bonds. The molecule has 0 atom stereocenters. The van der Waals surface area contributed by atoms with E-state index in [4.69, 9.17) is 26.9 Å². The summed E-state index contributed by atoms with van der Waals surface area (Å²) in [5, 5.41) is 18.2. The minimum Gasteiger partial charge on any atom is -0.354 e. The molecule has 10 nitrogen and oxygen atoms in total. The number of nitrogens with two attached hydrogens (primary N) is 2. The first-order valence-corrected chi connectivity index (χ1v) is 14.7. The number of halogens is 1. The molecule has 39 heavy (non-hydrogen) atoms. The molecule has 1 aromatic heterocycles. The summed E-state index contributed by atoms with van der Waals surface area (Å²) < 4.78 is 46.3. The first kappa shape index (κ1) is 26.5. The fourth-order valence-electron chi connectivity index (χ4n) is 4.06. The number of fused-ring (bicyclic) bond motifs is 2. The van der Waals surface area contributed by atoms with Gasteiger partial charge in [0.1, 0.15) is 0 Å². The molecule has 0 spiro atoms. The zero-order chi connectivity index (χ0) is 27.9. The standard InChI is InChI=1S/C26H20ClN5O5S2/c27-15-4-13-20-23(14-15)32-25-21(24(20)30-16-5-9-18(10-6-16)38(28,34)35)2-1-3-22(25)26(33)31-17-7-11-19(12-8-17)39(29,36)37/h1-14H,(H,30,32)(H,31,33)(H2,28,34,35)(H2,29,36,37). The quantitative estimate of drug-likeness (QED) is 0.216. The lowest BCUT2D eigenvalue weighted by molar-refractivity contribution is 0.102. The van der Waals surface area contributed by atoms with E-state index < -0.39 is 26.0 Å². The normalized spacial score (nSPS) is 12.0. The Morgan fingerprint density at radius 2 is 1.33 bits per heavy atom. The third-order valence-corrected chi connectivity index (χ3v) is 8.00. The van der Waals surface area contributed by atoms with Crippen molar-refractivity contribution in [1.82, 2.24) is 4.98 Å². The van der Waals surface area contributed by atoms with Gasteiger partial charge in [-0.1, -0.05) is 23.7 Å². The molecule has 0 bridgehead atoms. The molecule has 6 N–H and O–H groups in total. The number of benzene rings is 4. The summed E-state index contributed by atoms with van der Waals surface area (Å²) in [4.78, 5) is 17.9. The van der Waals surface area contributed by atoms with Crippen molar-refractivity contribution in [2.24, 2.45) is 10.3 Å². The summed E-state index contributed by atoms with van der Waals surface area (Å²) in [5.74, 6) is -0.471. The number of hydrogen-bond acceptors (Lipinski definition) is 7. The number of nitrogens with one attached hydrogen (secondary N) is 2. The number of pyridine rings is 1. The second-order valence-electron chi connectivity index (χ2n) is 8.57. The Morgan fingerprint density at radius 3 is 1.92 bits per heavy atom. The number of nitrogens with zero attached hydrogens (tertiary/aromatic N) is 1. The van der Waals surface area contributed by atoms with E-state index in [0.29, 0.717) is 38.5 Å². The molecule has 13 heteroatoms. The summed E-state index contributed by atoms with van der Waals surface area (Å²) in [6.07, 6.45) is 0. The average molecular weight is 582 g/mol. The monoisotopic (exact) mass is 581 g/mol. The van der Waals surface area contributed by atoms with Crippen LogP contribution < -0.4 is 20.9 Å². The topological polar surface area (TPSA) is 174 Å². The number of amides is 1. The minimum absolute atomic E-state index is 0.0275. The van der Waals surface area contributed by atoms with Crippen molar-refractivity contribution in [3.63, 3.8) is 0 Å². The molecule has 0 saturated carbocycles. The van der Waals surface area contributed by atoms with Gasteiger partial charge in [0.05, 0.1) is 32.1 Å². The van der Waals surface area contributed by atoms with E-state index in [1.807, 2.05) is 0 Å². The van der Waals surface area contributed by atoms with Crippen LogP contribution in [0.5, 0.6) is 0 Å². The second-order valence-corrected chi connectivity index (χ2v) is 12.1. The molecule has 0 fully saturated rings. The van der Waals surface area contributed by atoms with Crippen LogP contribution in [0.25, 0.3) is 21.8 Å². The number of anilines is 3. The molecule has 0 saturated heterocycles. The van der Waals surface area contributed by atoms with Gasteiger partial charge in [-0.25, -0.2) is 32.1 Å². The van der Waals surface area contributed by atoms with Gasteiger partial charge in [-0.3, -0.25) is 4.79 Å². The van der Waals surface area contributed by atoms with E-state index in [2.05, 4.69) is 10.6 Å². The SMILES string of the molecule is NS(=O)(=O)c1ccc(NC(=O)c2cccc3c(Nc4ccc(S(N)(=O)=O)cc4)c4ccc(Cl)cc4nc23)cc1. The summed E-state index contributed by atoms with van der Waals surface area (Å²) in [7, 11) is -7.72. The number of carbonyl (C=O) groups is 1. The highest BCUT2D eigenvalue weighted by atomic mass is 35.5. The largest absolute Gasteiger partial charge is 0.354 e. The Balaban J connectivity index is 1.59. The van der Waals surface area contributed by atoms with Crippen LogP contribution >= 0.6 is 11.6 Å². The lowest BCUT2D eigenvalue weighted by Crippen LogP contribution is -2.14. The van der Waals surface area contributed by atoms with Crippen molar-refractivity contribution in [2.45, 2.75) is 9.79 Å². The molecular weight excluding hydrogens is 562 g/mol. The van der Waals surface area contributed by atoms with E-state index in [0.717, 1.165) is 5.39 Å². The highest BCUT2D eigenvalue weighted by Gasteiger charge is 2.18. The fourth-order valence-corrected chi connectivity index (χ4v) is 5.25.